The van der Waals surface area contributed by atoms with Gasteiger partial charge in [0.25, 0.3) is 5.91 Å². The Balaban J connectivity index is 2.16. The number of benzene rings is 1. The maximum absolute atomic E-state index is 13.1. The van der Waals surface area contributed by atoms with E-state index in [9.17, 15) is 17.6 Å². The molecule has 2 aromatic heterocycles. The van der Waals surface area contributed by atoms with Crippen LogP contribution in [-0.4, -0.2) is 37.2 Å². The third-order valence-corrected chi connectivity index (χ3v) is 4.93. The van der Waals surface area contributed by atoms with Crippen molar-refractivity contribution < 1.29 is 17.6 Å². The summed E-state index contributed by atoms with van der Waals surface area (Å²) in [5.74, 6) is -0.662. The molecule has 0 unspecified atom stereocenters. The molecule has 0 aliphatic rings. The van der Waals surface area contributed by atoms with Crippen LogP contribution in [0.4, 0.5) is 4.39 Å². The van der Waals surface area contributed by atoms with Gasteiger partial charge in [0.05, 0.1) is 4.90 Å². The van der Waals surface area contributed by atoms with Crippen molar-refractivity contribution in [2.24, 2.45) is 0 Å². The number of fused-ring (bicyclic) bond motifs is 1. The van der Waals surface area contributed by atoms with Gasteiger partial charge in [0, 0.05) is 31.4 Å². The maximum atomic E-state index is 13.1. The van der Waals surface area contributed by atoms with Crippen molar-refractivity contribution >= 4 is 26.8 Å². The third-order valence-electron chi connectivity index (χ3n) is 3.85. The van der Waals surface area contributed by atoms with E-state index in [-0.39, 0.29) is 16.6 Å². The Morgan fingerprint density at radius 3 is 2.52 bits per heavy atom. The fourth-order valence-corrected chi connectivity index (χ4v) is 3.16. The zero-order valence-corrected chi connectivity index (χ0v) is 14.5. The van der Waals surface area contributed by atoms with Crippen molar-refractivity contribution in [1.29, 1.82) is 0 Å². The molecule has 3 aromatic rings. The number of nitrogens with one attached hydrogen (secondary N) is 1. The van der Waals surface area contributed by atoms with E-state index in [0.717, 1.165) is 11.8 Å². The van der Waals surface area contributed by atoms with Crippen LogP contribution in [0.1, 0.15) is 16.1 Å². The summed E-state index contributed by atoms with van der Waals surface area (Å²) in [6.07, 6.45) is 2.37. The minimum Gasteiger partial charge on any atom is -0.354 e. The zero-order valence-electron chi connectivity index (χ0n) is 13.7. The van der Waals surface area contributed by atoms with Crippen LogP contribution in [0, 0.1) is 5.82 Å². The Labute approximate surface area is 144 Å². The number of halogens is 1. The average molecular weight is 361 g/mol. The summed E-state index contributed by atoms with van der Waals surface area (Å²) in [6.45, 7) is 0.303. The van der Waals surface area contributed by atoms with Crippen LogP contribution >= 0.6 is 0 Å². The molecule has 6 nitrogen and oxygen atoms in total. The maximum Gasteiger partial charge on any atom is 0.267 e. The summed E-state index contributed by atoms with van der Waals surface area (Å²) in [7, 11) is -1.89. The van der Waals surface area contributed by atoms with Gasteiger partial charge in [-0.05, 0) is 29.8 Å². The summed E-state index contributed by atoms with van der Waals surface area (Å²) in [5, 5.41) is 3.10. The first-order valence-electron chi connectivity index (χ1n) is 7.45. The van der Waals surface area contributed by atoms with E-state index < -0.39 is 9.84 Å². The van der Waals surface area contributed by atoms with Gasteiger partial charge in [0.15, 0.2) is 9.84 Å². The lowest BCUT2D eigenvalue weighted by molar-refractivity contribution is 0.0954. The molecule has 0 fully saturated rings. The number of nitrogens with zero attached hydrogens (tertiary/aromatic N) is 2. The Bertz CT molecular complexity index is 1060. The monoisotopic (exact) mass is 361 g/mol. The number of carbonyl (C=O) groups excluding carboxylic acids is 1. The summed E-state index contributed by atoms with van der Waals surface area (Å²) >= 11 is 0. The van der Waals surface area contributed by atoms with Crippen LogP contribution < -0.4 is 5.32 Å². The van der Waals surface area contributed by atoms with Crippen LogP contribution in [0.2, 0.25) is 0 Å². The smallest absolute Gasteiger partial charge is 0.267 e. The second-order valence-electron chi connectivity index (χ2n) is 5.68. The van der Waals surface area contributed by atoms with Crippen molar-refractivity contribution in [3.05, 3.63) is 59.7 Å². The van der Waals surface area contributed by atoms with Gasteiger partial charge >= 0.3 is 0 Å². The lowest BCUT2D eigenvalue weighted by Gasteiger charge is -2.10. The first-order chi connectivity index (χ1) is 11.8. The van der Waals surface area contributed by atoms with E-state index in [2.05, 4.69) is 10.3 Å². The molecule has 1 N–H and O–H groups in total. The molecule has 130 valence electrons. The van der Waals surface area contributed by atoms with Crippen LogP contribution in [0.3, 0.4) is 0 Å². The summed E-state index contributed by atoms with van der Waals surface area (Å²) in [5.41, 5.74) is 1.62. The van der Waals surface area contributed by atoms with Gasteiger partial charge in [-0.25, -0.2) is 17.8 Å². The van der Waals surface area contributed by atoms with Crippen molar-refractivity contribution in [1.82, 2.24) is 14.9 Å². The summed E-state index contributed by atoms with van der Waals surface area (Å²) in [6, 6.07) is 9.02. The van der Waals surface area contributed by atoms with Gasteiger partial charge in [-0.15, -0.1) is 0 Å². The molecule has 0 spiro atoms. The number of pyridine rings is 1. The molecule has 1 amide bonds. The number of hydrogen-bond donors (Lipinski definition) is 1. The third kappa shape index (κ3) is 3.39. The van der Waals surface area contributed by atoms with Gasteiger partial charge in [-0.3, -0.25) is 4.79 Å². The van der Waals surface area contributed by atoms with E-state index in [0.29, 0.717) is 23.3 Å². The van der Waals surface area contributed by atoms with Crippen LogP contribution in [-0.2, 0) is 16.4 Å². The molecule has 0 aliphatic carbocycles. The lowest BCUT2D eigenvalue weighted by Crippen LogP contribution is -2.22. The Morgan fingerprint density at radius 2 is 1.92 bits per heavy atom. The van der Waals surface area contributed by atoms with E-state index >= 15 is 0 Å². The first kappa shape index (κ1) is 17.1. The molecular formula is C17H16FN3O3S. The molecular weight excluding hydrogens is 345 g/mol. The fourth-order valence-electron chi connectivity index (χ4n) is 2.58. The molecule has 0 radical (unpaired) electrons. The second kappa shape index (κ2) is 6.29. The van der Waals surface area contributed by atoms with Crippen molar-refractivity contribution in [3.63, 3.8) is 0 Å². The van der Waals surface area contributed by atoms with Gasteiger partial charge in [-0.1, -0.05) is 12.1 Å². The van der Waals surface area contributed by atoms with Crippen LogP contribution in [0.25, 0.3) is 11.0 Å². The molecule has 25 heavy (non-hydrogen) atoms. The predicted molar refractivity (Wildman–Crippen MR) is 91.7 cm³/mol. The van der Waals surface area contributed by atoms with E-state index in [1.807, 2.05) is 0 Å². The predicted octanol–water partition coefficient (Wildman–Crippen LogP) is 1.99. The molecule has 1 aromatic carbocycles. The lowest BCUT2D eigenvalue weighted by atomic mass is 10.2. The highest BCUT2D eigenvalue weighted by Crippen LogP contribution is 2.23. The van der Waals surface area contributed by atoms with Crippen molar-refractivity contribution in [2.45, 2.75) is 11.4 Å². The molecule has 0 bridgehead atoms. The topological polar surface area (TPSA) is 81.1 Å². The number of sulfone groups is 1. The van der Waals surface area contributed by atoms with Crippen LogP contribution in [0.5, 0.6) is 0 Å². The van der Waals surface area contributed by atoms with Gasteiger partial charge in [-0.2, -0.15) is 0 Å². The first-order valence-corrected chi connectivity index (χ1v) is 9.34. The second-order valence-corrected chi connectivity index (χ2v) is 7.69. The molecule has 0 atom stereocenters. The minimum absolute atomic E-state index is 0.0855. The zero-order chi connectivity index (χ0) is 18.2. The Hall–Kier alpha value is -2.74. The highest BCUT2D eigenvalue weighted by atomic mass is 32.2. The van der Waals surface area contributed by atoms with Gasteiger partial charge < -0.3 is 9.88 Å². The van der Waals surface area contributed by atoms with Crippen molar-refractivity contribution in [2.75, 3.05) is 13.3 Å². The molecule has 2 heterocycles. The van der Waals surface area contributed by atoms with E-state index in [1.165, 1.54) is 31.4 Å². The van der Waals surface area contributed by atoms with Crippen molar-refractivity contribution in [3.8, 4) is 0 Å². The number of aromatic nitrogens is 2. The minimum atomic E-state index is -3.40. The van der Waals surface area contributed by atoms with Crippen LogP contribution in [0.15, 0.2) is 47.5 Å². The number of rotatable bonds is 4. The molecule has 3 rings (SSSR count). The highest BCUT2D eigenvalue weighted by molar-refractivity contribution is 7.90. The number of hydrogen-bond acceptors (Lipinski definition) is 4. The summed E-state index contributed by atoms with van der Waals surface area (Å²) < 4.78 is 38.2. The molecule has 0 aliphatic heterocycles. The van der Waals surface area contributed by atoms with Gasteiger partial charge in [0.1, 0.15) is 17.2 Å². The number of amides is 1. The SMILES string of the molecule is CNC(=O)c1cc2cc(S(C)(=O)=O)cnc2n1Cc1ccc(F)cc1. The Morgan fingerprint density at radius 1 is 1.24 bits per heavy atom. The average Bonchev–Trinajstić information content (AvgIpc) is 2.93. The largest absolute Gasteiger partial charge is 0.354 e. The quantitative estimate of drug-likeness (QED) is 0.771. The molecule has 0 saturated carbocycles. The fraction of sp³-hybridized carbons (Fsp3) is 0.176. The van der Waals surface area contributed by atoms with E-state index in [1.54, 1.807) is 22.8 Å². The number of carbonyl (C=O) groups is 1. The Kier molecular flexibility index (Phi) is 4.30. The van der Waals surface area contributed by atoms with Gasteiger partial charge in [0.2, 0.25) is 0 Å². The van der Waals surface area contributed by atoms with E-state index in [4.69, 9.17) is 0 Å². The summed E-state index contributed by atoms with van der Waals surface area (Å²) in [4.78, 5) is 16.5. The molecule has 8 heteroatoms. The molecule has 0 saturated heterocycles. The standard InChI is InChI=1S/C17H16FN3O3S/c1-19-17(22)15-8-12-7-14(25(2,23)24)9-20-16(12)21(15)10-11-3-5-13(18)6-4-11/h3-9H,10H2,1-2H3,(H,19,22). The highest BCUT2D eigenvalue weighted by Gasteiger charge is 2.18. The normalized spacial score (nSPS) is 11.6.